The van der Waals surface area contributed by atoms with Crippen LogP contribution in [-0.2, 0) is 0 Å². The Balaban J connectivity index is 1.51. The molecule has 3 rings (SSSR count). The molecule has 35 heavy (non-hydrogen) atoms. The molecule has 0 saturated carbocycles. The van der Waals surface area contributed by atoms with Crippen LogP contribution in [0.1, 0.15) is 58.3 Å². The summed E-state index contributed by atoms with van der Waals surface area (Å²) < 4.78 is 10.7. The molecule has 0 amide bonds. The molecular formula is C29H41N3O2S. The Kier molecular flexibility index (Phi) is 12.1. The van der Waals surface area contributed by atoms with Crippen molar-refractivity contribution >= 4 is 11.8 Å². The molecule has 1 heterocycles. The zero-order valence-electron chi connectivity index (χ0n) is 21.6. The van der Waals surface area contributed by atoms with Gasteiger partial charge in [-0.15, -0.1) is 0 Å². The zero-order valence-corrected chi connectivity index (χ0v) is 22.4. The standard InChI is InChI=1S/C29H41N3O2S/c1-4-5-6-7-9-20-30-21-10-8-11-22-35-29-31-27(23-12-16-25(33-2)17-13-23)28(32-29)24-14-18-26(34-3)19-15-24/h12-19,30H,4-11,20-22H2,1-3H3,(H,31,32). The Hall–Kier alpha value is -2.44. The smallest absolute Gasteiger partial charge is 0.166 e. The molecule has 2 N–H and O–H groups in total. The van der Waals surface area contributed by atoms with Crippen LogP contribution < -0.4 is 14.8 Å². The van der Waals surface area contributed by atoms with Crippen LogP contribution in [0.15, 0.2) is 53.7 Å². The number of imidazole rings is 1. The summed E-state index contributed by atoms with van der Waals surface area (Å²) in [6, 6.07) is 16.2. The van der Waals surface area contributed by atoms with Gasteiger partial charge in [0, 0.05) is 16.9 Å². The predicted octanol–water partition coefficient (Wildman–Crippen LogP) is 7.58. The molecule has 5 nitrogen and oxygen atoms in total. The molecule has 6 heteroatoms. The van der Waals surface area contributed by atoms with E-state index < -0.39 is 0 Å². The third kappa shape index (κ3) is 8.93. The zero-order chi connectivity index (χ0) is 24.7. The highest BCUT2D eigenvalue weighted by Crippen LogP contribution is 2.34. The number of hydrogen-bond donors (Lipinski definition) is 2. The van der Waals surface area contributed by atoms with Gasteiger partial charge < -0.3 is 19.8 Å². The second-order valence-corrected chi connectivity index (χ2v) is 9.88. The first-order chi connectivity index (χ1) is 17.2. The quantitative estimate of drug-likeness (QED) is 0.149. The van der Waals surface area contributed by atoms with Gasteiger partial charge in [0.2, 0.25) is 0 Å². The first-order valence-corrected chi connectivity index (χ1v) is 14.0. The van der Waals surface area contributed by atoms with Crippen molar-refractivity contribution in [3.8, 4) is 34.0 Å². The van der Waals surface area contributed by atoms with Gasteiger partial charge in [-0.05, 0) is 80.9 Å². The molecular weight excluding hydrogens is 454 g/mol. The summed E-state index contributed by atoms with van der Waals surface area (Å²) in [7, 11) is 3.37. The van der Waals surface area contributed by atoms with Crippen molar-refractivity contribution in [1.29, 1.82) is 0 Å². The normalized spacial score (nSPS) is 11.1. The van der Waals surface area contributed by atoms with Crippen molar-refractivity contribution in [3.05, 3.63) is 48.5 Å². The van der Waals surface area contributed by atoms with Crippen LogP contribution in [0.2, 0.25) is 0 Å². The summed E-state index contributed by atoms with van der Waals surface area (Å²) in [6.07, 6.45) is 10.4. The average molecular weight is 496 g/mol. The number of nitrogens with zero attached hydrogens (tertiary/aromatic N) is 1. The molecule has 0 saturated heterocycles. The summed E-state index contributed by atoms with van der Waals surface area (Å²) in [4.78, 5) is 8.54. The average Bonchev–Trinajstić information content (AvgIpc) is 3.33. The first-order valence-electron chi connectivity index (χ1n) is 13.0. The number of nitrogens with one attached hydrogen (secondary N) is 2. The van der Waals surface area contributed by atoms with E-state index in [1.165, 1.54) is 51.4 Å². The summed E-state index contributed by atoms with van der Waals surface area (Å²) >= 11 is 1.80. The van der Waals surface area contributed by atoms with Crippen molar-refractivity contribution in [2.24, 2.45) is 0 Å². The number of H-pyrrole nitrogens is 1. The number of methoxy groups -OCH3 is 2. The first kappa shape index (κ1) is 27.2. The summed E-state index contributed by atoms with van der Waals surface area (Å²) in [5.74, 6) is 2.75. The fourth-order valence-corrected chi connectivity index (χ4v) is 4.89. The van der Waals surface area contributed by atoms with Crippen LogP contribution in [0.4, 0.5) is 0 Å². The van der Waals surface area contributed by atoms with Crippen LogP contribution in [-0.4, -0.2) is 43.0 Å². The summed E-state index contributed by atoms with van der Waals surface area (Å²) in [5.41, 5.74) is 4.16. The third-order valence-electron chi connectivity index (χ3n) is 6.12. The molecule has 190 valence electrons. The Morgan fingerprint density at radius 2 is 1.31 bits per heavy atom. The molecule has 0 aliphatic heterocycles. The highest BCUT2D eigenvalue weighted by atomic mass is 32.2. The number of ether oxygens (including phenoxy) is 2. The van der Waals surface area contributed by atoms with Gasteiger partial charge in [0.25, 0.3) is 0 Å². The van der Waals surface area contributed by atoms with E-state index in [2.05, 4.69) is 41.5 Å². The number of hydrogen-bond acceptors (Lipinski definition) is 5. The third-order valence-corrected chi connectivity index (χ3v) is 7.08. The number of benzene rings is 2. The maximum absolute atomic E-state index is 5.33. The maximum atomic E-state index is 5.33. The lowest BCUT2D eigenvalue weighted by molar-refractivity contribution is 0.414. The lowest BCUT2D eigenvalue weighted by Gasteiger charge is -2.06. The Labute approximate surface area is 215 Å². The van der Waals surface area contributed by atoms with E-state index in [0.717, 1.165) is 58.0 Å². The van der Waals surface area contributed by atoms with Gasteiger partial charge in [-0.25, -0.2) is 4.98 Å². The molecule has 0 aliphatic carbocycles. The lowest BCUT2D eigenvalue weighted by atomic mass is 10.0. The topological polar surface area (TPSA) is 59.2 Å². The number of unbranched alkanes of at least 4 members (excludes halogenated alkanes) is 6. The minimum Gasteiger partial charge on any atom is -0.497 e. The number of aromatic nitrogens is 2. The van der Waals surface area contributed by atoms with Crippen LogP contribution in [0.25, 0.3) is 22.5 Å². The molecule has 2 aromatic carbocycles. The van der Waals surface area contributed by atoms with E-state index in [-0.39, 0.29) is 0 Å². The minimum absolute atomic E-state index is 0.843. The highest BCUT2D eigenvalue weighted by Gasteiger charge is 2.15. The SMILES string of the molecule is CCCCCCCNCCCCCSc1nc(-c2ccc(OC)cc2)c(-c2ccc(OC)cc2)[nH]1. The number of rotatable bonds is 17. The van der Waals surface area contributed by atoms with Gasteiger partial charge in [0.05, 0.1) is 25.6 Å². The minimum atomic E-state index is 0.843. The molecule has 3 aromatic rings. The van der Waals surface area contributed by atoms with Crippen LogP contribution in [0, 0.1) is 0 Å². The fraction of sp³-hybridized carbons (Fsp3) is 0.483. The fourth-order valence-electron chi connectivity index (χ4n) is 4.02. The summed E-state index contributed by atoms with van der Waals surface area (Å²) in [5, 5.41) is 4.56. The van der Waals surface area contributed by atoms with Gasteiger partial charge in [-0.2, -0.15) is 0 Å². The van der Waals surface area contributed by atoms with Crippen LogP contribution in [0.3, 0.4) is 0 Å². The predicted molar refractivity (Wildman–Crippen MR) is 149 cm³/mol. The maximum Gasteiger partial charge on any atom is 0.166 e. The number of aromatic amines is 1. The van der Waals surface area contributed by atoms with Crippen molar-refractivity contribution in [2.75, 3.05) is 33.1 Å². The molecule has 0 radical (unpaired) electrons. The second-order valence-electron chi connectivity index (χ2n) is 8.80. The van der Waals surface area contributed by atoms with Gasteiger partial charge in [0.15, 0.2) is 5.16 Å². The lowest BCUT2D eigenvalue weighted by Crippen LogP contribution is -2.16. The Morgan fingerprint density at radius 1 is 0.743 bits per heavy atom. The van der Waals surface area contributed by atoms with Crippen molar-refractivity contribution < 1.29 is 9.47 Å². The van der Waals surface area contributed by atoms with E-state index in [0.29, 0.717) is 0 Å². The van der Waals surface area contributed by atoms with Crippen LogP contribution >= 0.6 is 11.8 Å². The second kappa shape index (κ2) is 15.5. The highest BCUT2D eigenvalue weighted by molar-refractivity contribution is 7.99. The van der Waals surface area contributed by atoms with Gasteiger partial charge in [-0.1, -0.05) is 50.8 Å². The van der Waals surface area contributed by atoms with E-state index in [1.54, 1.807) is 26.0 Å². The number of thioether (sulfide) groups is 1. The van der Waals surface area contributed by atoms with Crippen LogP contribution in [0.5, 0.6) is 11.5 Å². The Morgan fingerprint density at radius 3 is 1.91 bits per heavy atom. The van der Waals surface area contributed by atoms with Crippen molar-refractivity contribution in [1.82, 2.24) is 15.3 Å². The molecule has 0 fully saturated rings. The molecule has 0 bridgehead atoms. The van der Waals surface area contributed by atoms with Gasteiger partial charge >= 0.3 is 0 Å². The largest absolute Gasteiger partial charge is 0.497 e. The monoisotopic (exact) mass is 495 g/mol. The molecule has 1 aromatic heterocycles. The van der Waals surface area contributed by atoms with E-state index in [1.807, 2.05) is 24.3 Å². The van der Waals surface area contributed by atoms with Crippen molar-refractivity contribution in [3.63, 3.8) is 0 Å². The van der Waals surface area contributed by atoms with Crippen molar-refractivity contribution in [2.45, 2.75) is 63.4 Å². The van der Waals surface area contributed by atoms with E-state index in [9.17, 15) is 0 Å². The molecule has 0 atom stereocenters. The Bertz CT molecular complexity index is 906. The molecule has 0 unspecified atom stereocenters. The molecule has 0 spiro atoms. The van der Waals surface area contributed by atoms with E-state index >= 15 is 0 Å². The summed E-state index contributed by atoms with van der Waals surface area (Å²) in [6.45, 7) is 4.55. The van der Waals surface area contributed by atoms with E-state index in [4.69, 9.17) is 14.5 Å². The van der Waals surface area contributed by atoms with Gasteiger partial charge in [-0.3, -0.25) is 0 Å². The van der Waals surface area contributed by atoms with Gasteiger partial charge in [0.1, 0.15) is 11.5 Å². The molecule has 0 aliphatic rings.